The summed E-state index contributed by atoms with van der Waals surface area (Å²) in [7, 11) is 0. The molecule has 3 atom stereocenters. The quantitative estimate of drug-likeness (QED) is 0.601. The number of nitrogens with one attached hydrogen (secondary N) is 1. The van der Waals surface area contributed by atoms with Crippen LogP contribution in [-0.2, 0) is 6.54 Å². The number of hydrogen-bond donors (Lipinski definition) is 3. The number of carbonyl (C=O) groups excluding carboxylic acids is 1. The SMILES string of the molecule is NCC1CC2(CCN(C(=O)Nc3ccn(-c4ccc(CN5C[C@@H]6[C@@H](N)[C@@H]6C5)cc4)c(=O)n3)CC2)C1. The van der Waals surface area contributed by atoms with Crippen LogP contribution in [0.1, 0.15) is 31.2 Å². The molecule has 4 aliphatic rings. The summed E-state index contributed by atoms with van der Waals surface area (Å²) >= 11 is 0. The van der Waals surface area contributed by atoms with Crippen LogP contribution in [0.15, 0.2) is 41.3 Å². The number of rotatable bonds is 5. The first-order valence-electron chi connectivity index (χ1n) is 12.9. The number of likely N-dealkylation sites (tertiary alicyclic amines) is 2. The number of amides is 2. The Morgan fingerprint density at radius 3 is 2.40 bits per heavy atom. The minimum atomic E-state index is -0.413. The number of benzene rings is 1. The molecule has 2 aliphatic carbocycles. The fourth-order valence-corrected chi connectivity index (χ4v) is 6.59. The molecule has 3 heterocycles. The van der Waals surface area contributed by atoms with Crippen molar-refractivity contribution in [1.29, 1.82) is 0 Å². The van der Waals surface area contributed by atoms with Crippen molar-refractivity contribution in [2.45, 2.75) is 38.3 Å². The highest BCUT2D eigenvalue weighted by Crippen LogP contribution is 2.52. The monoisotopic (exact) mass is 477 g/mol. The number of aromatic nitrogens is 2. The second-order valence-electron chi connectivity index (χ2n) is 11.2. The summed E-state index contributed by atoms with van der Waals surface area (Å²) in [5.41, 5.74) is 13.8. The zero-order valence-corrected chi connectivity index (χ0v) is 20.1. The number of fused-ring (bicyclic) bond motifs is 1. The molecule has 9 heteroatoms. The van der Waals surface area contributed by atoms with Crippen LogP contribution in [0.3, 0.4) is 0 Å². The van der Waals surface area contributed by atoms with E-state index in [4.69, 9.17) is 11.5 Å². The van der Waals surface area contributed by atoms with Crippen LogP contribution in [0.5, 0.6) is 0 Å². The number of piperidine rings is 2. The van der Waals surface area contributed by atoms with Gasteiger partial charge in [-0.2, -0.15) is 4.98 Å². The van der Waals surface area contributed by atoms with Gasteiger partial charge >= 0.3 is 11.7 Å². The molecule has 0 bridgehead atoms. The maximum Gasteiger partial charge on any atom is 0.354 e. The zero-order chi connectivity index (χ0) is 24.2. The van der Waals surface area contributed by atoms with E-state index in [9.17, 15) is 9.59 Å². The van der Waals surface area contributed by atoms with E-state index in [0.29, 0.717) is 29.2 Å². The highest BCUT2D eigenvalue weighted by molar-refractivity contribution is 5.88. The van der Waals surface area contributed by atoms with Crippen molar-refractivity contribution in [2.24, 2.45) is 34.6 Å². The van der Waals surface area contributed by atoms with Gasteiger partial charge in [-0.15, -0.1) is 0 Å². The van der Waals surface area contributed by atoms with E-state index in [1.165, 1.54) is 23.0 Å². The van der Waals surface area contributed by atoms with Crippen molar-refractivity contribution in [3.63, 3.8) is 0 Å². The molecule has 4 fully saturated rings. The molecule has 35 heavy (non-hydrogen) atoms. The average molecular weight is 478 g/mol. The van der Waals surface area contributed by atoms with Crippen molar-refractivity contribution in [3.8, 4) is 5.69 Å². The fourth-order valence-electron chi connectivity index (χ4n) is 6.59. The normalized spacial score (nSPS) is 27.5. The van der Waals surface area contributed by atoms with Crippen LogP contribution < -0.4 is 22.5 Å². The molecule has 9 nitrogen and oxygen atoms in total. The fraction of sp³-hybridized carbons (Fsp3) is 0.577. The summed E-state index contributed by atoms with van der Waals surface area (Å²) in [5.74, 6) is 2.29. The topological polar surface area (TPSA) is 123 Å². The lowest BCUT2D eigenvalue weighted by atomic mass is 9.57. The van der Waals surface area contributed by atoms with E-state index in [-0.39, 0.29) is 11.8 Å². The molecule has 1 aromatic heterocycles. The number of nitrogens with two attached hydrogens (primary N) is 2. The molecule has 2 amide bonds. The van der Waals surface area contributed by atoms with E-state index in [1.54, 1.807) is 12.3 Å². The van der Waals surface area contributed by atoms with Gasteiger partial charge in [0.05, 0.1) is 5.69 Å². The van der Waals surface area contributed by atoms with Gasteiger partial charge in [-0.05, 0) is 79.2 Å². The Morgan fingerprint density at radius 2 is 1.77 bits per heavy atom. The molecule has 0 radical (unpaired) electrons. The Hall–Kier alpha value is -2.75. The Morgan fingerprint density at radius 1 is 1.09 bits per heavy atom. The summed E-state index contributed by atoms with van der Waals surface area (Å²) in [4.78, 5) is 33.8. The summed E-state index contributed by atoms with van der Waals surface area (Å²) < 4.78 is 1.50. The maximum atomic E-state index is 12.7. The third-order valence-corrected chi connectivity index (χ3v) is 8.88. The lowest BCUT2D eigenvalue weighted by molar-refractivity contribution is 0.00188. The summed E-state index contributed by atoms with van der Waals surface area (Å²) in [5, 5.41) is 2.80. The first-order valence-corrected chi connectivity index (χ1v) is 12.9. The smallest absolute Gasteiger partial charge is 0.330 e. The minimum Gasteiger partial charge on any atom is -0.330 e. The number of hydrogen-bond acceptors (Lipinski definition) is 6. The molecule has 2 saturated carbocycles. The Kier molecular flexibility index (Phi) is 5.66. The molecule has 6 rings (SSSR count). The van der Waals surface area contributed by atoms with Crippen molar-refractivity contribution in [3.05, 3.63) is 52.6 Å². The van der Waals surface area contributed by atoms with Gasteiger partial charge in [0.1, 0.15) is 5.82 Å². The van der Waals surface area contributed by atoms with Gasteiger partial charge in [0.2, 0.25) is 0 Å². The van der Waals surface area contributed by atoms with Crippen molar-refractivity contribution in [2.75, 3.05) is 38.0 Å². The molecule has 1 spiro atoms. The highest BCUT2D eigenvalue weighted by Gasteiger charge is 2.53. The van der Waals surface area contributed by atoms with E-state index >= 15 is 0 Å². The Bertz CT molecular complexity index is 1140. The molecule has 2 saturated heterocycles. The first-order chi connectivity index (χ1) is 16.9. The predicted octanol–water partition coefficient (Wildman–Crippen LogP) is 1.60. The van der Waals surface area contributed by atoms with Crippen LogP contribution >= 0.6 is 0 Å². The third kappa shape index (κ3) is 4.37. The van der Waals surface area contributed by atoms with Gasteiger partial charge in [0.25, 0.3) is 0 Å². The molecular weight excluding hydrogens is 442 g/mol. The Labute approximate surface area is 205 Å². The van der Waals surface area contributed by atoms with Gasteiger partial charge in [0, 0.05) is 45.0 Å². The maximum absolute atomic E-state index is 12.7. The molecule has 0 unspecified atom stereocenters. The standard InChI is InChI=1S/C26H35N7O2/c27-13-18-11-26(12-18)6-9-32(10-7-26)24(34)29-22-5-8-33(25(35)30-22)19-3-1-17(2-4-19)14-31-15-20-21(16-31)23(20)28/h1-5,8,18,20-21,23H,6-7,9-16,27-28H2,(H,29,30,34,35)/t20-,21+,23+. The minimum absolute atomic E-state index is 0.191. The van der Waals surface area contributed by atoms with Gasteiger partial charge in [0.15, 0.2) is 0 Å². The van der Waals surface area contributed by atoms with Crippen molar-refractivity contribution < 1.29 is 4.79 Å². The van der Waals surface area contributed by atoms with E-state index < -0.39 is 5.69 Å². The van der Waals surface area contributed by atoms with Gasteiger partial charge < -0.3 is 16.4 Å². The van der Waals surface area contributed by atoms with Crippen LogP contribution in [0.2, 0.25) is 0 Å². The summed E-state index contributed by atoms with van der Waals surface area (Å²) in [6.45, 7) is 5.30. The van der Waals surface area contributed by atoms with Crippen LogP contribution in [0, 0.1) is 23.2 Å². The zero-order valence-electron chi connectivity index (χ0n) is 20.1. The summed E-state index contributed by atoms with van der Waals surface area (Å²) in [6, 6.07) is 9.89. The van der Waals surface area contributed by atoms with Crippen LogP contribution in [0.25, 0.3) is 5.69 Å². The van der Waals surface area contributed by atoms with Gasteiger partial charge in [-0.25, -0.2) is 9.59 Å². The van der Waals surface area contributed by atoms with Crippen molar-refractivity contribution >= 4 is 11.8 Å². The molecule has 186 valence electrons. The third-order valence-electron chi connectivity index (χ3n) is 8.88. The van der Waals surface area contributed by atoms with E-state index in [0.717, 1.165) is 57.8 Å². The lowest BCUT2D eigenvalue weighted by Gasteiger charge is -2.52. The lowest BCUT2D eigenvalue weighted by Crippen LogP contribution is -2.50. The molecular formula is C26H35N7O2. The van der Waals surface area contributed by atoms with E-state index in [2.05, 4.69) is 27.3 Å². The molecule has 1 aromatic carbocycles. The van der Waals surface area contributed by atoms with E-state index in [1.807, 2.05) is 17.0 Å². The number of urea groups is 1. The largest absolute Gasteiger partial charge is 0.354 e. The number of anilines is 1. The van der Waals surface area contributed by atoms with Gasteiger partial charge in [-0.1, -0.05) is 12.1 Å². The summed E-state index contributed by atoms with van der Waals surface area (Å²) in [6.07, 6.45) is 6.09. The molecule has 2 aliphatic heterocycles. The number of carbonyl (C=O) groups is 1. The predicted molar refractivity (Wildman–Crippen MR) is 134 cm³/mol. The molecule has 2 aromatic rings. The van der Waals surface area contributed by atoms with Crippen LogP contribution in [0.4, 0.5) is 10.6 Å². The number of nitrogens with zero attached hydrogens (tertiary/aromatic N) is 4. The van der Waals surface area contributed by atoms with Crippen LogP contribution in [-0.4, -0.2) is 64.1 Å². The second-order valence-corrected chi connectivity index (χ2v) is 11.2. The van der Waals surface area contributed by atoms with Gasteiger partial charge in [-0.3, -0.25) is 14.8 Å². The second kappa shape index (κ2) is 8.72. The average Bonchev–Trinajstić information content (AvgIpc) is 3.23. The Balaban J connectivity index is 1.03. The molecule has 5 N–H and O–H groups in total. The first kappa shape index (κ1) is 22.7. The highest BCUT2D eigenvalue weighted by atomic mass is 16.2. The van der Waals surface area contributed by atoms with Crippen molar-refractivity contribution in [1.82, 2.24) is 19.4 Å².